The van der Waals surface area contributed by atoms with Gasteiger partial charge < -0.3 is 4.74 Å². The Labute approximate surface area is 113 Å². The summed E-state index contributed by atoms with van der Waals surface area (Å²) < 4.78 is 5.67. The first-order valence-electron chi connectivity index (χ1n) is 6.47. The zero-order valence-electron chi connectivity index (χ0n) is 11.1. The van der Waals surface area contributed by atoms with Gasteiger partial charge in [0.05, 0.1) is 5.56 Å². The maximum atomic E-state index is 12.0. The molecule has 2 nitrogen and oxygen atoms in total. The van der Waals surface area contributed by atoms with E-state index in [1.54, 1.807) is 0 Å². The minimum atomic E-state index is -0.556. The summed E-state index contributed by atoms with van der Waals surface area (Å²) in [5.74, 6) is -0.211. The maximum absolute atomic E-state index is 12.0. The van der Waals surface area contributed by atoms with Crippen molar-refractivity contribution < 1.29 is 9.53 Å². The lowest BCUT2D eigenvalue weighted by Crippen LogP contribution is -2.25. The lowest BCUT2D eigenvalue weighted by atomic mass is 9.85. The van der Waals surface area contributed by atoms with Crippen LogP contribution in [0.2, 0.25) is 0 Å². The Morgan fingerprint density at radius 3 is 2.53 bits per heavy atom. The molecule has 3 rings (SSSR count). The van der Waals surface area contributed by atoms with Gasteiger partial charge in [-0.15, -0.1) is 0 Å². The van der Waals surface area contributed by atoms with Crippen LogP contribution in [0.15, 0.2) is 48.5 Å². The molecule has 0 spiro atoms. The Balaban J connectivity index is 2.06. The first kappa shape index (κ1) is 12.0. The number of carbonyl (C=O) groups is 1. The van der Waals surface area contributed by atoms with Crippen molar-refractivity contribution in [1.29, 1.82) is 0 Å². The Morgan fingerprint density at radius 1 is 1.05 bits per heavy atom. The largest absolute Gasteiger partial charge is 0.450 e. The van der Waals surface area contributed by atoms with Gasteiger partial charge in [0.1, 0.15) is 5.60 Å². The van der Waals surface area contributed by atoms with E-state index in [0.717, 1.165) is 11.1 Å². The molecule has 0 saturated carbocycles. The summed E-state index contributed by atoms with van der Waals surface area (Å²) in [5.41, 5.74) is 3.47. The van der Waals surface area contributed by atoms with Crippen LogP contribution in [-0.4, -0.2) is 5.97 Å². The van der Waals surface area contributed by atoms with E-state index in [1.165, 1.54) is 5.56 Å². The summed E-state index contributed by atoms with van der Waals surface area (Å²) in [4.78, 5) is 12.0. The van der Waals surface area contributed by atoms with Gasteiger partial charge in [-0.2, -0.15) is 0 Å². The zero-order chi connectivity index (χ0) is 13.5. The molecule has 0 saturated heterocycles. The molecule has 0 fully saturated rings. The number of esters is 1. The summed E-state index contributed by atoms with van der Waals surface area (Å²) in [6.07, 6.45) is 0.706. The van der Waals surface area contributed by atoms with Gasteiger partial charge >= 0.3 is 5.97 Å². The average molecular weight is 252 g/mol. The number of ether oxygens (including phenoxy) is 1. The fraction of sp³-hybridized carbons (Fsp3) is 0.235. The molecule has 2 aromatic carbocycles. The molecule has 0 aromatic heterocycles. The molecule has 0 amide bonds. The molecule has 0 aliphatic carbocycles. The molecule has 1 unspecified atom stereocenters. The highest BCUT2D eigenvalue weighted by Gasteiger charge is 2.42. The van der Waals surface area contributed by atoms with Crippen molar-refractivity contribution in [3.8, 4) is 0 Å². The van der Waals surface area contributed by atoms with Crippen LogP contribution in [-0.2, 0) is 16.8 Å². The quantitative estimate of drug-likeness (QED) is 0.763. The number of rotatable bonds is 2. The number of fused-ring (bicyclic) bond motifs is 1. The van der Waals surface area contributed by atoms with Gasteiger partial charge in [-0.05, 0) is 31.0 Å². The Bertz CT molecular complexity index is 631. The number of cyclic esters (lactones) is 1. The van der Waals surface area contributed by atoms with Crippen LogP contribution in [0.3, 0.4) is 0 Å². The molecule has 19 heavy (non-hydrogen) atoms. The van der Waals surface area contributed by atoms with Crippen LogP contribution in [0, 0.1) is 6.92 Å². The van der Waals surface area contributed by atoms with E-state index in [1.807, 2.05) is 50.2 Å². The van der Waals surface area contributed by atoms with Crippen molar-refractivity contribution in [3.63, 3.8) is 0 Å². The molecule has 0 N–H and O–H groups in total. The summed E-state index contributed by atoms with van der Waals surface area (Å²) in [6, 6.07) is 15.9. The van der Waals surface area contributed by atoms with Gasteiger partial charge in [-0.1, -0.05) is 42.5 Å². The third-order valence-electron chi connectivity index (χ3n) is 3.72. The van der Waals surface area contributed by atoms with Gasteiger partial charge in [0.2, 0.25) is 0 Å². The SMILES string of the molecule is Cc1cccc2c1C(C)(Cc1ccccc1)OC2=O. The van der Waals surface area contributed by atoms with Crippen LogP contribution >= 0.6 is 0 Å². The highest BCUT2D eigenvalue weighted by atomic mass is 16.6. The molecule has 0 radical (unpaired) electrons. The smallest absolute Gasteiger partial charge is 0.339 e. The maximum Gasteiger partial charge on any atom is 0.339 e. The fourth-order valence-electron chi connectivity index (χ4n) is 2.96. The third kappa shape index (κ3) is 1.93. The molecule has 2 heteroatoms. The topological polar surface area (TPSA) is 26.3 Å². The van der Waals surface area contributed by atoms with E-state index >= 15 is 0 Å². The van der Waals surface area contributed by atoms with E-state index in [4.69, 9.17) is 4.74 Å². The van der Waals surface area contributed by atoms with Crippen LogP contribution in [0.25, 0.3) is 0 Å². The van der Waals surface area contributed by atoms with Crippen LogP contribution in [0.1, 0.15) is 34.0 Å². The lowest BCUT2D eigenvalue weighted by molar-refractivity contribution is 0.00101. The molecule has 1 aliphatic heterocycles. The second kappa shape index (κ2) is 4.23. The highest BCUT2D eigenvalue weighted by molar-refractivity contribution is 5.95. The fourth-order valence-corrected chi connectivity index (χ4v) is 2.96. The molecular weight excluding hydrogens is 236 g/mol. The number of hydrogen-bond acceptors (Lipinski definition) is 2. The van der Waals surface area contributed by atoms with Crippen LogP contribution in [0.5, 0.6) is 0 Å². The van der Waals surface area contributed by atoms with Gasteiger partial charge in [-0.3, -0.25) is 0 Å². The minimum absolute atomic E-state index is 0.211. The van der Waals surface area contributed by atoms with Crippen molar-refractivity contribution in [2.24, 2.45) is 0 Å². The molecule has 1 heterocycles. The molecular formula is C17H16O2. The lowest BCUT2D eigenvalue weighted by Gasteiger charge is -2.25. The first-order chi connectivity index (χ1) is 9.10. The molecule has 0 bridgehead atoms. The van der Waals surface area contributed by atoms with Crippen LogP contribution < -0.4 is 0 Å². The Kier molecular flexibility index (Phi) is 2.67. The predicted octanol–water partition coefficient (Wildman–Crippen LogP) is 3.62. The first-order valence-corrected chi connectivity index (χ1v) is 6.47. The highest BCUT2D eigenvalue weighted by Crippen LogP contribution is 2.40. The monoisotopic (exact) mass is 252 g/mol. The Hall–Kier alpha value is -2.09. The van der Waals surface area contributed by atoms with Gasteiger partial charge in [-0.25, -0.2) is 4.79 Å². The average Bonchev–Trinajstić information content (AvgIpc) is 2.63. The minimum Gasteiger partial charge on any atom is -0.450 e. The Morgan fingerprint density at radius 2 is 1.79 bits per heavy atom. The number of benzene rings is 2. The molecule has 96 valence electrons. The van der Waals surface area contributed by atoms with Crippen molar-refractivity contribution >= 4 is 5.97 Å². The summed E-state index contributed by atoms with van der Waals surface area (Å²) in [7, 11) is 0. The van der Waals surface area contributed by atoms with E-state index in [0.29, 0.717) is 12.0 Å². The molecule has 1 atom stereocenters. The van der Waals surface area contributed by atoms with Crippen LogP contribution in [0.4, 0.5) is 0 Å². The van der Waals surface area contributed by atoms with Gasteiger partial charge in [0.25, 0.3) is 0 Å². The van der Waals surface area contributed by atoms with Crippen molar-refractivity contribution in [2.45, 2.75) is 25.9 Å². The van der Waals surface area contributed by atoms with Crippen molar-refractivity contribution in [3.05, 3.63) is 70.8 Å². The van der Waals surface area contributed by atoms with Crippen molar-refractivity contribution in [2.75, 3.05) is 0 Å². The second-order valence-electron chi connectivity index (χ2n) is 5.28. The third-order valence-corrected chi connectivity index (χ3v) is 3.72. The summed E-state index contributed by atoms with van der Waals surface area (Å²) in [5, 5.41) is 0. The standard InChI is InChI=1S/C17H16O2/c1-12-7-6-10-14-15(12)17(2,19-16(14)18)11-13-8-4-3-5-9-13/h3-10H,11H2,1-2H3. The number of hydrogen-bond donors (Lipinski definition) is 0. The van der Waals surface area contributed by atoms with E-state index in [2.05, 4.69) is 12.1 Å². The van der Waals surface area contributed by atoms with E-state index < -0.39 is 5.60 Å². The normalized spacial score (nSPS) is 21.1. The summed E-state index contributed by atoms with van der Waals surface area (Å²) in [6.45, 7) is 4.03. The van der Waals surface area contributed by atoms with E-state index in [9.17, 15) is 4.79 Å². The second-order valence-corrected chi connectivity index (χ2v) is 5.28. The number of aryl methyl sites for hydroxylation is 1. The van der Waals surface area contributed by atoms with Crippen molar-refractivity contribution in [1.82, 2.24) is 0 Å². The van der Waals surface area contributed by atoms with Gasteiger partial charge in [0.15, 0.2) is 0 Å². The summed E-state index contributed by atoms with van der Waals surface area (Å²) >= 11 is 0. The van der Waals surface area contributed by atoms with Gasteiger partial charge in [0, 0.05) is 12.0 Å². The zero-order valence-corrected chi connectivity index (χ0v) is 11.1. The number of carbonyl (C=O) groups excluding carboxylic acids is 1. The molecule has 1 aliphatic rings. The molecule has 2 aromatic rings. The van der Waals surface area contributed by atoms with E-state index in [-0.39, 0.29) is 5.97 Å². The predicted molar refractivity (Wildman–Crippen MR) is 74.1 cm³/mol.